The van der Waals surface area contributed by atoms with Crippen molar-refractivity contribution in [2.75, 3.05) is 11.1 Å². The Bertz CT molecular complexity index is 310. The fourth-order valence-corrected chi connectivity index (χ4v) is 2.72. The molecule has 0 saturated heterocycles. The summed E-state index contributed by atoms with van der Waals surface area (Å²) in [6, 6.07) is 0.579. The number of nitrogens with zero attached hydrogens (tertiary/aromatic N) is 1. The summed E-state index contributed by atoms with van der Waals surface area (Å²) in [5.41, 5.74) is 5.63. The molecule has 0 aromatic carbocycles. The Morgan fingerprint density at radius 1 is 1.50 bits per heavy atom. The molecule has 2 rings (SSSR count). The van der Waals surface area contributed by atoms with Crippen molar-refractivity contribution < 1.29 is 0 Å². The lowest BCUT2D eigenvalue weighted by atomic mass is 9.98. The molecule has 3 N–H and O–H groups in total. The molecule has 1 fully saturated rings. The summed E-state index contributed by atoms with van der Waals surface area (Å²) in [4.78, 5) is 4.22. The fraction of sp³-hybridized carbons (Fsp3) is 0.700. The van der Waals surface area contributed by atoms with E-state index in [0.29, 0.717) is 6.04 Å². The highest BCUT2D eigenvalue weighted by molar-refractivity contribution is 7.19. The van der Waals surface area contributed by atoms with Crippen molar-refractivity contribution in [2.45, 2.75) is 32.7 Å². The summed E-state index contributed by atoms with van der Waals surface area (Å²) in [6.45, 7) is 4.63. The molecule has 1 saturated carbocycles. The molecule has 3 atom stereocenters. The topological polar surface area (TPSA) is 50.9 Å². The summed E-state index contributed by atoms with van der Waals surface area (Å²) < 4.78 is 0. The van der Waals surface area contributed by atoms with Crippen LogP contribution in [0.5, 0.6) is 0 Å². The van der Waals surface area contributed by atoms with E-state index in [1.807, 2.05) is 0 Å². The molecule has 1 aliphatic rings. The van der Waals surface area contributed by atoms with E-state index in [0.717, 1.165) is 22.0 Å². The first-order valence-corrected chi connectivity index (χ1v) is 5.96. The second kappa shape index (κ2) is 3.77. The minimum Gasteiger partial charge on any atom is -0.389 e. The van der Waals surface area contributed by atoms with E-state index < -0.39 is 0 Å². The summed E-state index contributed by atoms with van der Waals surface area (Å²) in [5.74, 6) is 1.56. The number of nitrogens with one attached hydrogen (secondary N) is 1. The van der Waals surface area contributed by atoms with Crippen molar-refractivity contribution in [3.05, 3.63) is 6.20 Å². The maximum absolute atomic E-state index is 5.63. The molecule has 0 bridgehead atoms. The van der Waals surface area contributed by atoms with Gasteiger partial charge in [0.05, 0.1) is 6.20 Å². The molecule has 1 aromatic heterocycles. The standard InChI is InChI=1S/C10H17N3S/c1-6-3-4-8(7(6)2)13-10-12-5-9(11)14-10/h5-8H,3-4,11H2,1-2H3,(H,12,13). The predicted octanol–water partition coefficient (Wildman–Crippen LogP) is 2.57. The quantitative estimate of drug-likeness (QED) is 0.790. The first-order chi connectivity index (χ1) is 6.66. The molecule has 1 aromatic rings. The van der Waals surface area contributed by atoms with E-state index in [1.54, 1.807) is 6.20 Å². The van der Waals surface area contributed by atoms with Gasteiger partial charge in [0.2, 0.25) is 0 Å². The Balaban J connectivity index is 1.98. The zero-order chi connectivity index (χ0) is 10.1. The number of nitrogens with two attached hydrogens (primary N) is 1. The van der Waals surface area contributed by atoms with Gasteiger partial charge in [0, 0.05) is 6.04 Å². The normalized spacial score (nSPS) is 32.0. The predicted molar refractivity (Wildman–Crippen MR) is 61.5 cm³/mol. The molecule has 1 aliphatic carbocycles. The largest absolute Gasteiger partial charge is 0.389 e. The van der Waals surface area contributed by atoms with Crippen LogP contribution < -0.4 is 11.1 Å². The van der Waals surface area contributed by atoms with Gasteiger partial charge < -0.3 is 11.1 Å². The van der Waals surface area contributed by atoms with Crippen molar-refractivity contribution in [2.24, 2.45) is 11.8 Å². The molecule has 0 radical (unpaired) electrons. The third kappa shape index (κ3) is 1.85. The van der Waals surface area contributed by atoms with Gasteiger partial charge in [-0.1, -0.05) is 25.2 Å². The van der Waals surface area contributed by atoms with E-state index in [9.17, 15) is 0 Å². The highest BCUT2D eigenvalue weighted by atomic mass is 32.1. The van der Waals surface area contributed by atoms with Crippen LogP contribution in [0.25, 0.3) is 0 Å². The minimum atomic E-state index is 0.579. The van der Waals surface area contributed by atoms with Gasteiger partial charge in [-0.15, -0.1) is 0 Å². The smallest absolute Gasteiger partial charge is 0.184 e. The highest BCUT2D eigenvalue weighted by Crippen LogP contribution is 2.34. The summed E-state index contributed by atoms with van der Waals surface area (Å²) in [6.07, 6.45) is 4.29. The summed E-state index contributed by atoms with van der Waals surface area (Å²) >= 11 is 1.53. The third-order valence-corrected chi connectivity index (χ3v) is 4.06. The monoisotopic (exact) mass is 211 g/mol. The van der Waals surface area contributed by atoms with Crippen molar-refractivity contribution in [1.82, 2.24) is 4.98 Å². The molecule has 3 nitrogen and oxygen atoms in total. The van der Waals surface area contributed by atoms with Crippen LogP contribution in [0.15, 0.2) is 6.20 Å². The summed E-state index contributed by atoms with van der Waals surface area (Å²) in [7, 11) is 0. The Morgan fingerprint density at radius 2 is 2.29 bits per heavy atom. The van der Waals surface area contributed by atoms with Gasteiger partial charge in [0.1, 0.15) is 5.00 Å². The average molecular weight is 211 g/mol. The number of anilines is 2. The molecule has 4 heteroatoms. The third-order valence-electron chi connectivity index (χ3n) is 3.30. The van der Waals surface area contributed by atoms with Crippen molar-refractivity contribution in [3.63, 3.8) is 0 Å². The lowest BCUT2D eigenvalue weighted by Crippen LogP contribution is -2.23. The van der Waals surface area contributed by atoms with Crippen LogP contribution in [0.4, 0.5) is 10.1 Å². The Hall–Kier alpha value is -0.770. The maximum atomic E-state index is 5.63. The van der Waals surface area contributed by atoms with Crippen LogP contribution in [-0.4, -0.2) is 11.0 Å². The van der Waals surface area contributed by atoms with E-state index in [-0.39, 0.29) is 0 Å². The number of hydrogen-bond acceptors (Lipinski definition) is 4. The van der Waals surface area contributed by atoms with Crippen LogP contribution in [0, 0.1) is 11.8 Å². The van der Waals surface area contributed by atoms with E-state index in [4.69, 9.17) is 5.73 Å². The van der Waals surface area contributed by atoms with Gasteiger partial charge in [-0.2, -0.15) is 0 Å². The number of rotatable bonds is 2. The number of thiazole rings is 1. The lowest BCUT2D eigenvalue weighted by Gasteiger charge is -2.18. The second-order valence-corrected chi connectivity index (χ2v) is 5.29. The zero-order valence-electron chi connectivity index (χ0n) is 8.66. The number of hydrogen-bond donors (Lipinski definition) is 2. The first-order valence-electron chi connectivity index (χ1n) is 5.14. The van der Waals surface area contributed by atoms with Gasteiger partial charge in [-0.25, -0.2) is 4.98 Å². The average Bonchev–Trinajstić information content (AvgIpc) is 2.67. The van der Waals surface area contributed by atoms with Gasteiger partial charge >= 0.3 is 0 Å². The van der Waals surface area contributed by atoms with E-state index in [1.165, 1.54) is 24.2 Å². The second-order valence-electron chi connectivity index (χ2n) is 4.23. The molecule has 1 heterocycles. The Labute approximate surface area is 88.7 Å². The molecule has 0 amide bonds. The molecule has 0 aliphatic heterocycles. The van der Waals surface area contributed by atoms with Crippen molar-refractivity contribution in [1.29, 1.82) is 0 Å². The van der Waals surface area contributed by atoms with Crippen molar-refractivity contribution in [3.8, 4) is 0 Å². The Kier molecular flexibility index (Phi) is 2.63. The van der Waals surface area contributed by atoms with Crippen LogP contribution in [-0.2, 0) is 0 Å². The van der Waals surface area contributed by atoms with E-state index >= 15 is 0 Å². The fourth-order valence-electron chi connectivity index (χ4n) is 2.08. The van der Waals surface area contributed by atoms with Gasteiger partial charge in [-0.3, -0.25) is 0 Å². The van der Waals surface area contributed by atoms with E-state index in [2.05, 4.69) is 24.1 Å². The zero-order valence-corrected chi connectivity index (χ0v) is 9.47. The van der Waals surface area contributed by atoms with Gasteiger partial charge in [0.15, 0.2) is 5.13 Å². The molecule has 3 unspecified atom stereocenters. The lowest BCUT2D eigenvalue weighted by molar-refractivity contribution is 0.435. The van der Waals surface area contributed by atoms with Crippen LogP contribution in [0.3, 0.4) is 0 Å². The summed E-state index contributed by atoms with van der Waals surface area (Å²) in [5, 5.41) is 5.22. The first kappa shape index (κ1) is 9.77. The highest BCUT2D eigenvalue weighted by Gasteiger charge is 2.29. The van der Waals surface area contributed by atoms with Crippen LogP contribution in [0.1, 0.15) is 26.7 Å². The molecule has 14 heavy (non-hydrogen) atoms. The van der Waals surface area contributed by atoms with Crippen LogP contribution in [0.2, 0.25) is 0 Å². The number of aromatic nitrogens is 1. The molecule has 0 spiro atoms. The molecular weight excluding hydrogens is 194 g/mol. The molecular formula is C10H17N3S. The number of nitrogen functional groups attached to an aromatic ring is 1. The minimum absolute atomic E-state index is 0.579. The molecule has 78 valence electrons. The van der Waals surface area contributed by atoms with Gasteiger partial charge in [0.25, 0.3) is 0 Å². The Morgan fingerprint density at radius 3 is 2.79 bits per heavy atom. The maximum Gasteiger partial charge on any atom is 0.184 e. The SMILES string of the molecule is CC1CCC(Nc2ncc(N)s2)C1C. The van der Waals surface area contributed by atoms with Crippen LogP contribution >= 0.6 is 11.3 Å². The van der Waals surface area contributed by atoms with Gasteiger partial charge in [-0.05, 0) is 24.7 Å². The van der Waals surface area contributed by atoms with Crippen molar-refractivity contribution >= 4 is 21.5 Å².